The molecule has 1 fully saturated rings. The lowest BCUT2D eigenvalue weighted by Gasteiger charge is -2.28. The Kier molecular flexibility index (Phi) is 8.73. The molecule has 2 aromatic rings. The number of ether oxygens (including phenoxy) is 2. The van der Waals surface area contributed by atoms with Crippen LogP contribution in [0.5, 0.6) is 11.5 Å². The van der Waals surface area contributed by atoms with Gasteiger partial charge in [0, 0.05) is 6.07 Å². The smallest absolute Gasteiger partial charge is 0.138 e. The van der Waals surface area contributed by atoms with Gasteiger partial charge in [0.1, 0.15) is 18.1 Å². The first-order chi connectivity index (χ1) is 14.2. The third kappa shape index (κ3) is 6.67. The van der Waals surface area contributed by atoms with Crippen LogP contribution >= 0.6 is 11.6 Å². The zero-order chi connectivity index (χ0) is 20.5. The van der Waals surface area contributed by atoms with Gasteiger partial charge in [-0.15, -0.1) is 0 Å². The molecule has 158 valence electrons. The summed E-state index contributed by atoms with van der Waals surface area (Å²) in [5.41, 5.74) is 2.66. The monoisotopic (exact) mass is 414 g/mol. The first kappa shape index (κ1) is 22.0. The first-order valence-corrected chi connectivity index (χ1v) is 11.7. The Bertz CT molecular complexity index is 733. The number of hydrogen-bond acceptors (Lipinski definition) is 2. The molecule has 0 spiro atoms. The van der Waals surface area contributed by atoms with Crippen molar-refractivity contribution < 1.29 is 9.47 Å². The van der Waals surface area contributed by atoms with Crippen LogP contribution in [0.2, 0.25) is 5.02 Å². The molecule has 2 nitrogen and oxygen atoms in total. The molecule has 0 unspecified atom stereocenters. The Labute approximate surface area is 181 Å². The van der Waals surface area contributed by atoms with Gasteiger partial charge in [0.2, 0.25) is 0 Å². The topological polar surface area (TPSA) is 18.5 Å². The van der Waals surface area contributed by atoms with Gasteiger partial charge >= 0.3 is 0 Å². The van der Waals surface area contributed by atoms with Crippen molar-refractivity contribution in [1.29, 1.82) is 0 Å². The van der Waals surface area contributed by atoms with Crippen molar-refractivity contribution in [3.05, 3.63) is 58.6 Å². The van der Waals surface area contributed by atoms with E-state index in [2.05, 4.69) is 38.1 Å². The highest BCUT2D eigenvalue weighted by molar-refractivity contribution is 6.32. The summed E-state index contributed by atoms with van der Waals surface area (Å²) in [6, 6.07) is 14.6. The molecule has 0 radical (unpaired) electrons. The molecule has 0 bridgehead atoms. The zero-order valence-electron chi connectivity index (χ0n) is 18.0. The Morgan fingerprint density at radius 1 is 0.897 bits per heavy atom. The highest BCUT2D eigenvalue weighted by Gasteiger charge is 2.21. The van der Waals surface area contributed by atoms with Gasteiger partial charge in [-0.05, 0) is 67.2 Å². The van der Waals surface area contributed by atoms with E-state index < -0.39 is 0 Å². The van der Waals surface area contributed by atoms with Gasteiger partial charge in [0.25, 0.3) is 0 Å². The van der Waals surface area contributed by atoms with Crippen molar-refractivity contribution in [2.75, 3.05) is 6.61 Å². The molecule has 1 saturated carbocycles. The van der Waals surface area contributed by atoms with Gasteiger partial charge in [0.05, 0.1) is 11.6 Å². The highest BCUT2D eigenvalue weighted by Crippen LogP contribution is 2.37. The number of rotatable bonds is 10. The van der Waals surface area contributed by atoms with E-state index in [1.54, 1.807) is 0 Å². The van der Waals surface area contributed by atoms with Crippen LogP contribution in [0.1, 0.15) is 82.3 Å². The molecular weight excluding hydrogens is 380 g/mol. The summed E-state index contributed by atoms with van der Waals surface area (Å²) < 4.78 is 11.6. The molecule has 29 heavy (non-hydrogen) atoms. The molecule has 1 aliphatic rings. The number of halogens is 1. The summed E-state index contributed by atoms with van der Waals surface area (Å²) in [6.45, 7) is 5.70. The number of benzene rings is 2. The predicted octanol–water partition coefficient (Wildman–Crippen LogP) is 8.17. The second-order valence-corrected chi connectivity index (χ2v) is 8.74. The van der Waals surface area contributed by atoms with E-state index in [9.17, 15) is 0 Å². The molecule has 0 saturated heterocycles. The van der Waals surface area contributed by atoms with Crippen molar-refractivity contribution in [2.24, 2.45) is 5.92 Å². The first-order valence-electron chi connectivity index (χ1n) is 11.3. The SMILES string of the molecule is CCCCOc1ccc(OCc2ccc([C@H]3CC[C@H](CCC)CC3)cc2)c(Cl)c1. The summed E-state index contributed by atoms with van der Waals surface area (Å²) in [6.07, 6.45) is 10.3. The van der Waals surface area contributed by atoms with Crippen LogP contribution < -0.4 is 9.47 Å². The van der Waals surface area contributed by atoms with Crippen LogP contribution in [0.3, 0.4) is 0 Å². The summed E-state index contributed by atoms with van der Waals surface area (Å²) in [5, 5.41) is 0.597. The molecule has 3 rings (SSSR count). The fraction of sp³-hybridized carbons (Fsp3) is 0.538. The van der Waals surface area contributed by atoms with E-state index >= 15 is 0 Å². The molecule has 0 aromatic heterocycles. The van der Waals surface area contributed by atoms with Crippen molar-refractivity contribution in [3.63, 3.8) is 0 Å². The minimum Gasteiger partial charge on any atom is -0.494 e. The van der Waals surface area contributed by atoms with Gasteiger partial charge in [-0.3, -0.25) is 0 Å². The summed E-state index contributed by atoms with van der Waals surface area (Å²) in [4.78, 5) is 0. The van der Waals surface area contributed by atoms with E-state index in [1.807, 2.05) is 18.2 Å². The molecule has 3 heteroatoms. The number of unbranched alkanes of at least 4 members (excludes halogenated alkanes) is 1. The van der Waals surface area contributed by atoms with Crippen LogP contribution in [0.25, 0.3) is 0 Å². The zero-order valence-corrected chi connectivity index (χ0v) is 18.7. The lowest BCUT2D eigenvalue weighted by molar-refractivity contribution is 0.299. The summed E-state index contributed by atoms with van der Waals surface area (Å²) >= 11 is 6.36. The van der Waals surface area contributed by atoms with Crippen molar-refractivity contribution >= 4 is 11.6 Å². The second kappa shape index (κ2) is 11.5. The summed E-state index contributed by atoms with van der Waals surface area (Å²) in [7, 11) is 0. The van der Waals surface area contributed by atoms with Gasteiger partial charge in [-0.2, -0.15) is 0 Å². The minimum absolute atomic E-state index is 0.527. The average Bonchev–Trinajstić information content (AvgIpc) is 2.75. The second-order valence-electron chi connectivity index (χ2n) is 8.33. The van der Waals surface area contributed by atoms with Crippen LogP contribution in [0.15, 0.2) is 42.5 Å². The molecule has 1 aliphatic carbocycles. The molecule has 0 amide bonds. The Hall–Kier alpha value is -1.67. The van der Waals surface area contributed by atoms with Crippen LogP contribution in [0.4, 0.5) is 0 Å². The van der Waals surface area contributed by atoms with E-state index in [0.717, 1.165) is 37.0 Å². The van der Waals surface area contributed by atoms with Gasteiger partial charge in [-0.1, -0.05) is 69.0 Å². The molecular formula is C26H35ClO2. The maximum atomic E-state index is 6.36. The van der Waals surface area contributed by atoms with Gasteiger partial charge in [-0.25, -0.2) is 0 Å². The largest absolute Gasteiger partial charge is 0.494 e. The van der Waals surface area contributed by atoms with E-state index in [-0.39, 0.29) is 0 Å². The highest BCUT2D eigenvalue weighted by atomic mass is 35.5. The maximum Gasteiger partial charge on any atom is 0.138 e. The van der Waals surface area contributed by atoms with E-state index in [1.165, 1.54) is 49.7 Å². The molecule has 0 atom stereocenters. The lowest BCUT2D eigenvalue weighted by Crippen LogP contribution is -2.13. The van der Waals surface area contributed by atoms with E-state index in [0.29, 0.717) is 17.4 Å². The van der Waals surface area contributed by atoms with Crippen molar-refractivity contribution in [2.45, 2.75) is 77.7 Å². The normalized spacial score (nSPS) is 19.1. The number of hydrogen-bond donors (Lipinski definition) is 0. The van der Waals surface area contributed by atoms with E-state index in [4.69, 9.17) is 21.1 Å². The Morgan fingerprint density at radius 2 is 1.66 bits per heavy atom. The fourth-order valence-corrected chi connectivity index (χ4v) is 4.49. The minimum atomic E-state index is 0.527. The fourth-order valence-electron chi connectivity index (χ4n) is 4.26. The molecule has 0 aliphatic heterocycles. The Morgan fingerprint density at radius 3 is 2.31 bits per heavy atom. The summed E-state index contributed by atoms with van der Waals surface area (Å²) in [5.74, 6) is 3.19. The van der Waals surface area contributed by atoms with Crippen LogP contribution in [-0.2, 0) is 6.61 Å². The standard InChI is InChI=1S/C26H35ClO2/c1-3-5-17-28-24-15-16-26(25(27)18-24)29-19-21-9-13-23(14-10-21)22-11-7-20(6-4-2)8-12-22/h9-10,13-16,18,20,22H,3-8,11-12,17,19H2,1-2H3/t20-,22-. The average molecular weight is 415 g/mol. The quantitative estimate of drug-likeness (QED) is 0.365. The predicted molar refractivity (Wildman–Crippen MR) is 122 cm³/mol. The van der Waals surface area contributed by atoms with Crippen molar-refractivity contribution in [3.8, 4) is 11.5 Å². The Balaban J connectivity index is 1.49. The van der Waals surface area contributed by atoms with Crippen molar-refractivity contribution in [1.82, 2.24) is 0 Å². The van der Waals surface area contributed by atoms with Gasteiger partial charge < -0.3 is 9.47 Å². The maximum absolute atomic E-state index is 6.36. The molecule has 2 aromatic carbocycles. The third-order valence-corrected chi connectivity index (χ3v) is 6.35. The molecule has 0 N–H and O–H groups in total. The lowest BCUT2D eigenvalue weighted by atomic mass is 9.77. The molecule has 0 heterocycles. The third-order valence-electron chi connectivity index (χ3n) is 6.06. The van der Waals surface area contributed by atoms with Crippen LogP contribution in [0, 0.1) is 5.92 Å². The van der Waals surface area contributed by atoms with Gasteiger partial charge in [0.15, 0.2) is 0 Å². The van der Waals surface area contributed by atoms with Crippen LogP contribution in [-0.4, -0.2) is 6.61 Å².